The van der Waals surface area contributed by atoms with Crippen molar-refractivity contribution in [3.63, 3.8) is 0 Å². The van der Waals surface area contributed by atoms with Gasteiger partial charge < -0.3 is 24.3 Å². The van der Waals surface area contributed by atoms with E-state index in [1.54, 1.807) is 37.3 Å². The Kier molecular flexibility index (Phi) is 7.23. The summed E-state index contributed by atoms with van der Waals surface area (Å²) in [5.74, 6) is -0.101. The van der Waals surface area contributed by atoms with Gasteiger partial charge >= 0.3 is 5.97 Å². The SMILES string of the molecule is CCc1sc(NC(=O)c2cc(Oc3ccc(-c4nnc(C)o4)cc3)cc(O[C@H]3CCNC3=O)c2)nc1C(=O)O. The first-order chi connectivity index (χ1) is 18.8. The molecule has 1 atom stereocenters. The molecule has 1 saturated heterocycles. The molecule has 2 aromatic heterocycles. The predicted octanol–water partition coefficient (Wildman–Crippen LogP) is 4.07. The van der Waals surface area contributed by atoms with Gasteiger partial charge in [0.1, 0.15) is 17.2 Å². The number of carboxylic acid groups (broad SMARTS) is 1. The van der Waals surface area contributed by atoms with E-state index in [2.05, 4.69) is 25.8 Å². The number of carboxylic acids is 1. The lowest BCUT2D eigenvalue weighted by Gasteiger charge is -2.14. The van der Waals surface area contributed by atoms with Crippen LogP contribution in [0, 0.1) is 6.92 Å². The summed E-state index contributed by atoms with van der Waals surface area (Å²) in [4.78, 5) is 41.3. The molecule has 5 rings (SSSR count). The smallest absolute Gasteiger partial charge is 0.355 e. The van der Waals surface area contributed by atoms with E-state index in [9.17, 15) is 19.5 Å². The summed E-state index contributed by atoms with van der Waals surface area (Å²) in [6, 6.07) is 11.5. The van der Waals surface area contributed by atoms with Crippen LogP contribution in [0.5, 0.6) is 17.2 Å². The molecule has 3 heterocycles. The number of anilines is 1. The number of benzene rings is 2. The highest BCUT2D eigenvalue weighted by atomic mass is 32.1. The molecular weight excluding hydrogens is 526 g/mol. The second kappa shape index (κ2) is 10.9. The Balaban J connectivity index is 1.40. The van der Waals surface area contributed by atoms with Gasteiger partial charge in [0.05, 0.1) is 0 Å². The van der Waals surface area contributed by atoms with Crippen molar-refractivity contribution in [2.45, 2.75) is 32.8 Å². The maximum Gasteiger partial charge on any atom is 0.355 e. The van der Waals surface area contributed by atoms with Gasteiger partial charge in [0.2, 0.25) is 11.8 Å². The highest BCUT2D eigenvalue weighted by molar-refractivity contribution is 7.16. The summed E-state index contributed by atoms with van der Waals surface area (Å²) >= 11 is 1.09. The number of nitrogens with zero attached hydrogens (tertiary/aromatic N) is 3. The van der Waals surface area contributed by atoms with Gasteiger partial charge in [-0.2, -0.15) is 0 Å². The number of thiazole rings is 1. The van der Waals surface area contributed by atoms with Gasteiger partial charge in [0.25, 0.3) is 11.8 Å². The third kappa shape index (κ3) is 5.88. The molecule has 200 valence electrons. The molecule has 3 N–H and O–H groups in total. The molecule has 2 aromatic carbocycles. The fourth-order valence-corrected chi connectivity index (χ4v) is 4.76. The van der Waals surface area contributed by atoms with Crippen molar-refractivity contribution in [1.82, 2.24) is 20.5 Å². The molecular formula is C26H23N5O7S. The Labute approximate surface area is 226 Å². The zero-order valence-electron chi connectivity index (χ0n) is 20.9. The largest absolute Gasteiger partial charge is 0.480 e. The Morgan fingerprint density at radius 1 is 1.15 bits per heavy atom. The quantitative estimate of drug-likeness (QED) is 0.277. The molecule has 4 aromatic rings. The molecule has 1 aliphatic rings. The van der Waals surface area contributed by atoms with Gasteiger partial charge in [-0.05, 0) is 42.8 Å². The van der Waals surface area contributed by atoms with E-state index in [1.165, 1.54) is 12.1 Å². The minimum Gasteiger partial charge on any atom is -0.480 e. The third-order valence-corrected chi connectivity index (χ3v) is 6.84. The number of nitrogens with one attached hydrogen (secondary N) is 2. The standard InChI is InChI=1S/C26H23N5O7S/c1-3-20-21(25(34)35)28-26(39-20)29-22(32)15-10-17(12-18(11-15)38-19-8-9-27-23(19)33)37-16-6-4-14(5-7-16)24-31-30-13(2)36-24/h4-7,10-12,19H,3,8-9H2,1-2H3,(H,27,33)(H,34,35)(H,28,29,32)/t19-/m0/s1. The molecule has 0 radical (unpaired) electrons. The first-order valence-electron chi connectivity index (χ1n) is 12.0. The predicted molar refractivity (Wildman–Crippen MR) is 139 cm³/mol. The van der Waals surface area contributed by atoms with Gasteiger partial charge in [-0.25, -0.2) is 9.78 Å². The van der Waals surface area contributed by atoms with E-state index in [4.69, 9.17) is 13.9 Å². The highest BCUT2D eigenvalue weighted by Crippen LogP contribution is 2.31. The molecule has 0 bridgehead atoms. The zero-order valence-corrected chi connectivity index (χ0v) is 21.7. The molecule has 0 saturated carbocycles. The van der Waals surface area contributed by atoms with Crippen LogP contribution in [-0.2, 0) is 11.2 Å². The maximum atomic E-state index is 13.1. The summed E-state index contributed by atoms with van der Waals surface area (Å²) < 4.78 is 17.3. The molecule has 1 aliphatic heterocycles. The van der Waals surface area contributed by atoms with Crippen LogP contribution >= 0.6 is 11.3 Å². The number of carbonyl (C=O) groups is 3. The van der Waals surface area contributed by atoms with E-state index in [0.29, 0.717) is 47.4 Å². The fraction of sp³-hybridized carbons (Fsp3) is 0.231. The van der Waals surface area contributed by atoms with Crippen molar-refractivity contribution in [2.75, 3.05) is 11.9 Å². The molecule has 0 spiro atoms. The van der Waals surface area contributed by atoms with Gasteiger partial charge in [-0.15, -0.1) is 21.5 Å². The molecule has 13 heteroatoms. The number of aryl methyl sites for hydroxylation is 2. The van der Waals surface area contributed by atoms with Crippen molar-refractivity contribution in [1.29, 1.82) is 0 Å². The normalized spacial score (nSPS) is 14.6. The lowest BCUT2D eigenvalue weighted by atomic mass is 10.1. The number of ether oxygens (including phenoxy) is 2. The number of amides is 2. The van der Waals surface area contributed by atoms with Crippen molar-refractivity contribution in [3.8, 4) is 28.7 Å². The van der Waals surface area contributed by atoms with Crippen LogP contribution in [-0.4, -0.2) is 50.7 Å². The van der Waals surface area contributed by atoms with Crippen LogP contribution < -0.4 is 20.1 Å². The average molecular weight is 550 g/mol. The van der Waals surface area contributed by atoms with E-state index in [1.807, 2.05) is 6.92 Å². The van der Waals surface area contributed by atoms with Crippen LogP contribution in [0.4, 0.5) is 5.13 Å². The van der Waals surface area contributed by atoms with Crippen LogP contribution in [0.1, 0.15) is 45.0 Å². The summed E-state index contributed by atoms with van der Waals surface area (Å²) in [7, 11) is 0. The van der Waals surface area contributed by atoms with Gasteiger partial charge in [-0.3, -0.25) is 14.9 Å². The van der Waals surface area contributed by atoms with Crippen LogP contribution in [0.2, 0.25) is 0 Å². The first-order valence-corrected chi connectivity index (χ1v) is 12.8. The molecule has 0 aliphatic carbocycles. The molecule has 12 nitrogen and oxygen atoms in total. The minimum atomic E-state index is -1.16. The Morgan fingerprint density at radius 2 is 1.92 bits per heavy atom. The summed E-state index contributed by atoms with van der Waals surface area (Å²) in [5, 5.41) is 22.7. The van der Waals surface area contributed by atoms with Crippen LogP contribution in [0.3, 0.4) is 0 Å². The second-order valence-electron chi connectivity index (χ2n) is 8.54. The lowest BCUT2D eigenvalue weighted by molar-refractivity contribution is -0.124. The number of rotatable bonds is 9. The van der Waals surface area contributed by atoms with Gasteiger partial charge in [0.15, 0.2) is 16.9 Å². The number of hydrogen-bond acceptors (Lipinski definition) is 10. The van der Waals surface area contributed by atoms with Crippen molar-refractivity contribution in [3.05, 3.63) is 64.5 Å². The maximum absolute atomic E-state index is 13.1. The topological polar surface area (TPSA) is 166 Å². The Morgan fingerprint density at radius 3 is 2.54 bits per heavy atom. The Bertz CT molecular complexity index is 1550. The molecule has 1 fully saturated rings. The Hall–Kier alpha value is -4.78. The summed E-state index contributed by atoms with van der Waals surface area (Å²) in [5.41, 5.74) is 0.789. The summed E-state index contributed by atoms with van der Waals surface area (Å²) in [6.45, 7) is 4.01. The number of aromatic nitrogens is 3. The number of carbonyl (C=O) groups excluding carboxylic acids is 2. The van der Waals surface area contributed by atoms with Crippen molar-refractivity contribution < 1.29 is 33.4 Å². The van der Waals surface area contributed by atoms with E-state index < -0.39 is 18.0 Å². The van der Waals surface area contributed by atoms with Crippen LogP contribution in [0.15, 0.2) is 46.9 Å². The lowest BCUT2D eigenvalue weighted by Crippen LogP contribution is -2.27. The van der Waals surface area contributed by atoms with Gasteiger partial charge in [-0.1, -0.05) is 6.92 Å². The van der Waals surface area contributed by atoms with Crippen molar-refractivity contribution >= 4 is 34.3 Å². The summed E-state index contributed by atoms with van der Waals surface area (Å²) in [6.07, 6.45) is 0.251. The van der Waals surface area contributed by atoms with Crippen LogP contribution in [0.25, 0.3) is 11.5 Å². The average Bonchev–Trinajstić information content (AvgIpc) is 3.64. The van der Waals surface area contributed by atoms with Crippen molar-refractivity contribution in [2.24, 2.45) is 0 Å². The monoisotopic (exact) mass is 549 g/mol. The second-order valence-corrected chi connectivity index (χ2v) is 9.62. The molecule has 39 heavy (non-hydrogen) atoms. The minimum absolute atomic E-state index is 0.0923. The number of aromatic carboxylic acids is 1. The fourth-order valence-electron chi connectivity index (χ4n) is 3.87. The van der Waals surface area contributed by atoms with E-state index >= 15 is 0 Å². The zero-order chi connectivity index (χ0) is 27.5. The first kappa shape index (κ1) is 25.9. The highest BCUT2D eigenvalue weighted by Gasteiger charge is 2.27. The number of hydrogen-bond donors (Lipinski definition) is 3. The third-order valence-electron chi connectivity index (χ3n) is 5.72. The van der Waals surface area contributed by atoms with E-state index in [-0.39, 0.29) is 33.8 Å². The van der Waals surface area contributed by atoms with E-state index in [0.717, 1.165) is 11.3 Å². The molecule has 0 unspecified atom stereocenters. The van der Waals surface area contributed by atoms with Gasteiger partial charge in [0, 0.05) is 42.0 Å². The molecule has 2 amide bonds.